The van der Waals surface area contributed by atoms with Crippen molar-refractivity contribution in [2.45, 2.75) is 44.4 Å². The van der Waals surface area contributed by atoms with E-state index in [-0.39, 0.29) is 11.9 Å². The fourth-order valence-corrected chi connectivity index (χ4v) is 4.31. The van der Waals surface area contributed by atoms with Crippen LogP contribution in [0.2, 0.25) is 0 Å². The molecule has 2 heterocycles. The van der Waals surface area contributed by atoms with Crippen LogP contribution in [-0.4, -0.2) is 57.3 Å². The second-order valence-electron chi connectivity index (χ2n) is 6.33. The second-order valence-corrected chi connectivity index (χ2v) is 7.23. The summed E-state index contributed by atoms with van der Waals surface area (Å²) in [6, 6.07) is -0.177. The molecule has 5 atom stereocenters. The predicted molar refractivity (Wildman–Crippen MR) is 84.6 cm³/mol. The van der Waals surface area contributed by atoms with Crippen LogP contribution >= 0.6 is 11.3 Å². The minimum absolute atomic E-state index is 0.0165. The maximum absolute atomic E-state index is 12.5. The van der Waals surface area contributed by atoms with Gasteiger partial charge in [-0.1, -0.05) is 6.92 Å². The van der Waals surface area contributed by atoms with Crippen molar-refractivity contribution in [3.05, 3.63) is 11.6 Å². The number of aliphatic hydroxyl groups is 2. The lowest BCUT2D eigenvalue weighted by molar-refractivity contribution is -0.121. The number of carbonyl (C=O) groups is 1. The lowest BCUT2D eigenvalue weighted by Gasteiger charge is -2.32. The van der Waals surface area contributed by atoms with Crippen molar-refractivity contribution in [3.8, 4) is 0 Å². The van der Waals surface area contributed by atoms with Crippen molar-refractivity contribution < 1.29 is 15.0 Å². The van der Waals surface area contributed by atoms with Gasteiger partial charge in [0, 0.05) is 24.7 Å². The summed E-state index contributed by atoms with van der Waals surface area (Å²) in [6.07, 6.45) is 2.44. The van der Waals surface area contributed by atoms with Gasteiger partial charge in [-0.2, -0.15) is 0 Å². The SMILES string of the molecule is CC[C@@H](C(=O)Nc1nccs1)N1C[C@H]2C[C@H](O)[C@H](O)C[C@H]2C1. The number of aliphatic hydroxyl groups excluding tert-OH is 2. The quantitative estimate of drug-likeness (QED) is 0.766. The first-order valence-corrected chi connectivity index (χ1v) is 8.77. The van der Waals surface area contributed by atoms with Gasteiger partial charge in [-0.15, -0.1) is 11.3 Å². The molecular formula is C15H23N3O3S. The second kappa shape index (κ2) is 6.62. The molecule has 0 aromatic carbocycles. The average molecular weight is 325 g/mol. The van der Waals surface area contributed by atoms with Crippen LogP contribution in [0.5, 0.6) is 0 Å². The van der Waals surface area contributed by atoms with Crippen molar-refractivity contribution >= 4 is 22.4 Å². The van der Waals surface area contributed by atoms with E-state index in [1.807, 2.05) is 12.3 Å². The number of fused-ring (bicyclic) bond motifs is 1. The molecule has 2 aliphatic rings. The zero-order valence-electron chi connectivity index (χ0n) is 12.7. The van der Waals surface area contributed by atoms with Crippen LogP contribution in [-0.2, 0) is 4.79 Å². The third kappa shape index (κ3) is 3.17. The summed E-state index contributed by atoms with van der Waals surface area (Å²) in [5.41, 5.74) is 0. The number of anilines is 1. The summed E-state index contributed by atoms with van der Waals surface area (Å²) in [5, 5.41) is 25.0. The van der Waals surface area contributed by atoms with E-state index in [2.05, 4.69) is 15.2 Å². The third-order valence-electron chi connectivity index (χ3n) is 4.93. The Hall–Kier alpha value is -1.02. The summed E-state index contributed by atoms with van der Waals surface area (Å²) in [7, 11) is 0. The first-order chi connectivity index (χ1) is 10.6. The van der Waals surface area contributed by atoms with Crippen molar-refractivity contribution in [1.82, 2.24) is 9.88 Å². The number of rotatable bonds is 4. The molecule has 1 aromatic heterocycles. The molecule has 22 heavy (non-hydrogen) atoms. The number of thiazole rings is 1. The summed E-state index contributed by atoms with van der Waals surface area (Å²) in [4.78, 5) is 18.8. The molecule has 3 rings (SSSR count). The molecule has 1 aromatic rings. The van der Waals surface area contributed by atoms with Crippen LogP contribution in [0, 0.1) is 11.8 Å². The molecule has 7 heteroatoms. The number of hydrogen-bond donors (Lipinski definition) is 3. The number of nitrogens with one attached hydrogen (secondary N) is 1. The van der Waals surface area contributed by atoms with E-state index in [1.54, 1.807) is 6.20 Å². The van der Waals surface area contributed by atoms with E-state index in [9.17, 15) is 15.0 Å². The van der Waals surface area contributed by atoms with Crippen molar-refractivity contribution in [2.24, 2.45) is 11.8 Å². The average Bonchev–Trinajstić information content (AvgIpc) is 3.10. The first kappa shape index (κ1) is 15.9. The van der Waals surface area contributed by atoms with Gasteiger partial charge in [0.25, 0.3) is 0 Å². The van der Waals surface area contributed by atoms with Crippen molar-refractivity contribution in [3.63, 3.8) is 0 Å². The Balaban J connectivity index is 1.63. The fraction of sp³-hybridized carbons (Fsp3) is 0.733. The van der Waals surface area contributed by atoms with Gasteiger partial charge < -0.3 is 15.5 Å². The fourth-order valence-electron chi connectivity index (χ4n) is 3.78. The standard InChI is InChI=1S/C15H23N3O3S/c1-2-11(14(21)17-15-16-3-4-22-15)18-7-9-5-12(19)13(20)6-10(9)8-18/h3-4,9-13,19-20H,2,5-8H2,1H3,(H,16,17,21)/t9-,10+,11-,12+,13-/m0/s1. The molecule has 1 aliphatic heterocycles. The molecule has 0 radical (unpaired) electrons. The van der Waals surface area contributed by atoms with Gasteiger partial charge in [-0.3, -0.25) is 9.69 Å². The highest BCUT2D eigenvalue weighted by Crippen LogP contribution is 2.37. The molecule has 1 aliphatic carbocycles. The first-order valence-electron chi connectivity index (χ1n) is 7.89. The molecule has 6 nitrogen and oxygen atoms in total. The lowest BCUT2D eigenvalue weighted by atomic mass is 9.79. The molecule has 0 unspecified atom stereocenters. The Kier molecular flexibility index (Phi) is 4.77. The monoisotopic (exact) mass is 325 g/mol. The van der Waals surface area contributed by atoms with Gasteiger partial charge in [-0.25, -0.2) is 4.98 Å². The van der Waals surface area contributed by atoms with Gasteiger partial charge >= 0.3 is 0 Å². The molecule has 0 bridgehead atoms. The maximum atomic E-state index is 12.5. The number of aromatic nitrogens is 1. The van der Waals surface area contributed by atoms with Crippen LogP contribution in [0.1, 0.15) is 26.2 Å². The van der Waals surface area contributed by atoms with E-state index in [1.165, 1.54) is 11.3 Å². The topological polar surface area (TPSA) is 85.7 Å². The van der Waals surface area contributed by atoms with E-state index in [4.69, 9.17) is 0 Å². The Morgan fingerprint density at radius 3 is 2.55 bits per heavy atom. The number of likely N-dealkylation sites (tertiary alicyclic amines) is 1. The van der Waals surface area contributed by atoms with Crippen LogP contribution in [0.4, 0.5) is 5.13 Å². The Bertz CT molecular complexity index is 492. The third-order valence-corrected chi connectivity index (χ3v) is 5.62. The molecule has 1 amide bonds. The number of amides is 1. The van der Waals surface area contributed by atoms with E-state index in [0.717, 1.165) is 19.5 Å². The molecule has 122 valence electrons. The minimum atomic E-state index is -0.620. The van der Waals surface area contributed by atoms with Crippen LogP contribution < -0.4 is 5.32 Å². The molecule has 1 saturated carbocycles. The highest BCUT2D eigenvalue weighted by atomic mass is 32.1. The zero-order chi connectivity index (χ0) is 15.7. The van der Waals surface area contributed by atoms with Gasteiger partial charge in [-0.05, 0) is 31.1 Å². The van der Waals surface area contributed by atoms with Gasteiger partial charge in [0.2, 0.25) is 5.91 Å². The largest absolute Gasteiger partial charge is 0.390 e. The molecule has 2 fully saturated rings. The maximum Gasteiger partial charge on any atom is 0.243 e. The van der Waals surface area contributed by atoms with E-state index < -0.39 is 12.2 Å². The summed E-state index contributed by atoms with van der Waals surface area (Å²) < 4.78 is 0. The van der Waals surface area contributed by atoms with E-state index >= 15 is 0 Å². The highest BCUT2D eigenvalue weighted by Gasteiger charge is 2.43. The summed E-state index contributed by atoms with van der Waals surface area (Å²) in [6.45, 7) is 3.65. The van der Waals surface area contributed by atoms with Gasteiger partial charge in [0.15, 0.2) is 5.13 Å². The highest BCUT2D eigenvalue weighted by molar-refractivity contribution is 7.13. The Morgan fingerprint density at radius 2 is 2.05 bits per heavy atom. The molecule has 1 saturated heterocycles. The normalized spacial score (nSPS) is 33.4. The summed E-state index contributed by atoms with van der Waals surface area (Å²) in [5.74, 6) is 0.734. The molecule has 3 N–H and O–H groups in total. The van der Waals surface area contributed by atoms with E-state index in [0.29, 0.717) is 29.8 Å². The summed E-state index contributed by atoms with van der Waals surface area (Å²) >= 11 is 1.41. The number of nitrogens with zero attached hydrogens (tertiary/aromatic N) is 2. The number of carbonyl (C=O) groups excluding carboxylic acids is 1. The van der Waals surface area contributed by atoms with Gasteiger partial charge in [0.1, 0.15) is 0 Å². The predicted octanol–water partition coefficient (Wildman–Crippen LogP) is 0.924. The van der Waals surface area contributed by atoms with Crippen molar-refractivity contribution in [1.29, 1.82) is 0 Å². The van der Waals surface area contributed by atoms with Crippen LogP contribution in [0.25, 0.3) is 0 Å². The van der Waals surface area contributed by atoms with Crippen LogP contribution in [0.3, 0.4) is 0 Å². The zero-order valence-corrected chi connectivity index (χ0v) is 13.5. The smallest absolute Gasteiger partial charge is 0.243 e. The lowest BCUT2D eigenvalue weighted by Crippen LogP contribution is -2.42. The Morgan fingerprint density at radius 1 is 1.41 bits per heavy atom. The van der Waals surface area contributed by atoms with Crippen molar-refractivity contribution in [2.75, 3.05) is 18.4 Å². The van der Waals surface area contributed by atoms with Gasteiger partial charge in [0.05, 0.1) is 18.2 Å². The minimum Gasteiger partial charge on any atom is -0.390 e. The number of hydrogen-bond acceptors (Lipinski definition) is 6. The van der Waals surface area contributed by atoms with Crippen LogP contribution in [0.15, 0.2) is 11.6 Å². The Labute approximate surface area is 134 Å². The molecular weight excluding hydrogens is 302 g/mol. The molecule has 0 spiro atoms.